The highest BCUT2D eigenvalue weighted by Gasteiger charge is 2.06. The fourth-order valence-corrected chi connectivity index (χ4v) is 2.05. The molecule has 0 spiro atoms. The summed E-state index contributed by atoms with van der Waals surface area (Å²) in [5, 5.41) is 17.8. The lowest BCUT2D eigenvalue weighted by molar-refractivity contribution is 0.152. The van der Waals surface area contributed by atoms with Crippen LogP contribution in [0.3, 0.4) is 0 Å². The Hall–Kier alpha value is -1.21. The minimum absolute atomic E-state index is 0.0884. The molecule has 0 aromatic heterocycles. The third-order valence-electron chi connectivity index (χ3n) is 2.86. The molecule has 0 bridgehead atoms. The van der Waals surface area contributed by atoms with Gasteiger partial charge >= 0.3 is 0 Å². The lowest BCUT2D eigenvalue weighted by Gasteiger charge is -2.20. The van der Waals surface area contributed by atoms with Crippen molar-refractivity contribution in [3.05, 3.63) is 29.8 Å². The van der Waals surface area contributed by atoms with Gasteiger partial charge in [-0.2, -0.15) is 0 Å². The Morgan fingerprint density at radius 3 is 2.40 bits per heavy atom. The summed E-state index contributed by atoms with van der Waals surface area (Å²) in [6, 6.07) is 7.42. The van der Waals surface area contributed by atoms with Gasteiger partial charge in [-0.05, 0) is 18.6 Å². The highest BCUT2D eigenvalue weighted by atomic mass is 32.1. The topological polar surface area (TPSA) is 79.0 Å². The summed E-state index contributed by atoms with van der Waals surface area (Å²) in [6.45, 7) is 2.59. The molecule has 0 saturated heterocycles. The molecule has 1 aromatic rings. The first-order valence-corrected chi connectivity index (χ1v) is 7.05. The van der Waals surface area contributed by atoms with E-state index in [1.54, 1.807) is 0 Å². The summed E-state index contributed by atoms with van der Waals surface area (Å²) >= 11 is 4.97. The molecule has 0 fully saturated rings. The molecule has 0 aliphatic carbocycles. The highest BCUT2D eigenvalue weighted by molar-refractivity contribution is 7.80. The Morgan fingerprint density at radius 1 is 1.15 bits per heavy atom. The van der Waals surface area contributed by atoms with Crippen LogP contribution in [0.25, 0.3) is 0 Å². The number of nitrogens with two attached hydrogens (primary N) is 1. The number of ether oxygens (including phenoxy) is 1. The standard InChI is InChI=1S/C14H22N2O3S/c15-14(20)12-4-1-2-5-13(12)19-11-3-6-16(7-9-17)8-10-18/h1-2,4-5,17-18H,3,6-11H2,(H2,15,20). The van der Waals surface area contributed by atoms with Gasteiger partial charge in [-0.3, -0.25) is 4.90 Å². The zero-order valence-electron chi connectivity index (χ0n) is 11.5. The molecule has 0 atom stereocenters. The van der Waals surface area contributed by atoms with Crippen LogP contribution in [0.15, 0.2) is 24.3 Å². The lowest BCUT2D eigenvalue weighted by atomic mass is 10.2. The van der Waals surface area contributed by atoms with Crippen molar-refractivity contribution in [1.82, 2.24) is 4.90 Å². The van der Waals surface area contributed by atoms with E-state index >= 15 is 0 Å². The molecule has 1 rings (SSSR count). The van der Waals surface area contributed by atoms with E-state index in [1.165, 1.54) is 0 Å². The summed E-state index contributed by atoms with van der Waals surface area (Å²) in [4.78, 5) is 2.31. The molecule has 0 radical (unpaired) electrons. The van der Waals surface area contributed by atoms with E-state index in [9.17, 15) is 0 Å². The fourth-order valence-electron chi connectivity index (χ4n) is 1.88. The maximum Gasteiger partial charge on any atom is 0.129 e. The summed E-state index contributed by atoms with van der Waals surface area (Å²) < 4.78 is 5.69. The number of hydrogen-bond acceptors (Lipinski definition) is 5. The van der Waals surface area contributed by atoms with Gasteiger partial charge in [-0.25, -0.2) is 0 Å². The van der Waals surface area contributed by atoms with Crippen molar-refractivity contribution in [2.45, 2.75) is 6.42 Å². The second-order valence-electron chi connectivity index (χ2n) is 4.35. The second-order valence-corrected chi connectivity index (χ2v) is 4.79. The second kappa shape index (κ2) is 9.66. The average Bonchev–Trinajstić information content (AvgIpc) is 2.44. The molecule has 0 saturated carbocycles. The predicted molar refractivity (Wildman–Crippen MR) is 83.1 cm³/mol. The maximum absolute atomic E-state index is 8.91. The summed E-state index contributed by atoms with van der Waals surface area (Å²) in [5.41, 5.74) is 6.37. The SMILES string of the molecule is NC(=S)c1ccccc1OCCCN(CCO)CCO. The number of hydrogen-bond donors (Lipinski definition) is 3. The molecule has 0 aliphatic heterocycles. The zero-order chi connectivity index (χ0) is 14.8. The van der Waals surface area contributed by atoms with E-state index in [0.29, 0.717) is 30.4 Å². The Labute approximate surface area is 125 Å². The van der Waals surface area contributed by atoms with Crippen LogP contribution in [0.5, 0.6) is 5.75 Å². The van der Waals surface area contributed by atoms with Crippen molar-refractivity contribution in [3.63, 3.8) is 0 Å². The number of aliphatic hydroxyl groups is 2. The van der Waals surface area contributed by atoms with Gasteiger partial charge in [0.1, 0.15) is 10.7 Å². The molecule has 0 unspecified atom stereocenters. The number of para-hydroxylation sites is 1. The molecular weight excluding hydrogens is 276 g/mol. The number of benzene rings is 1. The third kappa shape index (κ3) is 5.83. The van der Waals surface area contributed by atoms with Crippen molar-refractivity contribution >= 4 is 17.2 Å². The molecular formula is C14H22N2O3S. The van der Waals surface area contributed by atoms with E-state index in [2.05, 4.69) is 0 Å². The van der Waals surface area contributed by atoms with Crippen LogP contribution in [-0.2, 0) is 0 Å². The molecule has 112 valence electrons. The van der Waals surface area contributed by atoms with Crippen LogP contribution in [0.2, 0.25) is 0 Å². The molecule has 0 amide bonds. The van der Waals surface area contributed by atoms with Gasteiger partial charge in [-0.15, -0.1) is 0 Å². The first-order chi connectivity index (χ1) is 9.69. The van der Waals surface area contributed by atoms with Crippen LogP contribution in [0.1, 0.15) is 12.0 Å². The first kappa shape index (κ1) is 16.8. The minimum Gasteiger partial charge on any atom is -0.493 e. The normalized spacial score (nSPS) is 10.8. The van der Waals surface area contributed by atoms with E-state index in [0.717, 1.165) is 18.5 Å². The lowest BCUT2D eigenvalue weighted by Crippen LogP contribution is -2.31. The van der Waals surface area contributed by atoms with E-state index in [-0.39, 0.29) is 13.2 Å². The van der Waals surface area contributed by atoms with Crippen molar-refractivity contribution in [2.24, 2.45) is 5.73 Å². The van der Waals surface area contributed by atoms with E-state index in [4.69, 9.17) is 32.9 Å². The van der Waals surface area contributed by atoms with Gasteiger partial charge in [-0.1, -0.05) is 24.4 Å². The summed E-state index contributed by atoms with van der Waals surface area (Å²) in [7, 11) is 0. The number of thiocarbonyl (C=S) groups is 1. The molecule has 5 nitrogen and oxygen atoms in total. The van der Waals surface area contributed by atoms with Crippen molar-refractivity contribution in [1.29, 1.82) is 0 Å². The van der Waals surface area contributed by atoms with Crippen LogP contribution in [-0.4, -0.2) is 59.6 Å². The number of nitrogens with zero attached hydrogens (tertiary/aromatic N) is 1. The smallest absolute Gasteiger partial charge is 0.129 e. The molecule has 0 heterocycles. The van der Waals surface area contributed by atoms with Crippen molar-refractivity contribution in [3.8, 4) is 5.75 Å². The molecule has 0 aliphatic rings. The van der Waals surface area contributed by atoms with Gasteiger partial charge < -0.3 is 20.7 Å². The van der Waals surface area contributed by atoms with Crippen molar-refractivity contribution < 1.29 is 14.9 Å². The Kier molecular flexibility index (Phi) is 8.13. The molecule has 6 heteroatoms. The maximum atomic E-state index is 8.91. The van der Waals surface area contributed by atoms with E-state index < -0.39 is 0 Å². The number of aliphatic hydroxyl groups excluding tert-OH is 2. The first-order valence-electron chi connectivity index (χ1n) is 6.64. The molecule has 1 aromatic carbocycles. The fraction of sp³-hybridized carbons (Fsp3) is 0.500. The molecule has 4 N–H and O–H groups in total. The van der Waals surface area contributed by atoms with E-state index in [1.807, 2.05) is 29.2 Å². The van der Waals surface area contributed by atoms with Crippen molar-refractivity contribution in [2.75, 3.05) is 39.5 Å². The largest absolute Gasteiger partial charge is 0.493 e. The highest BCUT2D eigenvalue weighted by Crippen LogP contribution is 2.17. The monoisotopic (exact) mass is 298 g/mol. The van der Waals surface area contributed by atoms with Gasteiger partial charge in [0.2, 0.25) is 0 Å². The van der Waals surface area contributed by atoms with Crippen LogP contribution in [0, 0.1) is 0 Å². The van der Waals surface area contributed by atoms with Crippen LogP contribution in [0.4, 0.5) is 0 Å². The van der Waals surface area contributed by atoms with Gasteiger partial charge in [0.05, 0.1) is 25.4 Å². The summed E-state index contributed by atoms with van der Waals surface area (Å²) in [5.74, 6) is 0.691. The third-order valence-corrected chi connectivity index (χ3v) is 3.08. The summed E-state index contributed by atoms with van der Waals surface area (Å²) in [6.07, 6.45) is 0.797. The zero-order valence-corrected chi connectivity index (χ0v) is 12.3. The van der Waals surface area contributed by atoms with Gasteiger partial charge in [0.25, 0.3) is 0 Å². The Balaban J connectivity index is 2.38. The average molecular weight is 298 g/mol. The van der Waals surface area contributed by atoms with Gasteiger partial charge in [0.15, 0.2) is 0 Å². The quantitative estimate of drug-likeness (QED) is 0.428. The van der Waals surface area contributed by atoms with Gasteiger partial charge in [0, 0.05) is 19.6 Å². The van der Waals surface area contributed by atoms with Crippen LogP contribution < -0.4 is 10.5 Å². The minimum atomic E-state index is 0.0884. The Morgan fingerprint density at radius 2 is 1.80 bits per heavy atom. The predicted octanol–water partition coefficient (Wildman–Crippen LogP) is 0.376. The van der Waals surface area contributed by atoms with Crippen LogP contribution >= 0.6 is 12.2 Å². The number of rotatable bonds is 10. The Bertz CT molecular complexity index is 409. The molecule has 20 heavy (non-hydrogen) atoms.